The smallest absolute Gasteiger partial charge is 0.323 e. The van der Waals surface area contributed by atoms with E-state index in [0.29, 0.717) is 28.0 Å². The summed E-state index contributed by atoms with van der Waals surface area (Å²) in [5.74, 6) is 0. The van der Waals surface area contributed by atoms with Gasteiger partial charge in [-0.15, -0.1) is 0 Å². The van der Waals surface area contributed by atoms with E-state index in [4.69, 9.17) is 33.7 Å². The number of nitrogens with two attached hydrogens (primary N) is 1. The number of rotatable bonds is 5. The number of nitrogens with one attached hydrogen (secondary N) is 2. The van der Waals surface area contributed by atoms with Gasteiger partial charge < -0.3 is 21.1 Å². The third-order valence-electron chi connectivity index (χ3n) is 3.89. The van der Waals surface area contributed by atoms with Crippen LogP contribution in [0.25, 0.3) is 0 Å². The molecule has 4 N–H and O–H groups in total. The number of hydrogen-bond donors (Lipinski definition) is 3. The quantitative estimate of drug-likeness (QED) is 0.609. The van der Waals surface area contributed by atoms with Crippen molar-refractivity contribution in [1.82, 2.24) is 0 Å². The summed E-state index contributed by atoms with van der Waals surface area (Å²) in [5.41, 5.74) is 7.91. The summed E-state index contributed by atoms with van der Waals surface area (Å²) in [6.07, 6.45) is 1.73. The summed E-state index contributed by atoms with van der Waals surface area (Å²) in [4.78, 5) is 16.3. The highest BCUT2D eigenvalue weighted by Crippen LogP contribution is 2.25. The normalized spacial score (nSPS) is 15.0. The van der Waals surface area contributed by atoms with Crippen LogP contribution in [0.15, 0.2) is 47.5 Å². The minimum absolute atomic E-state index is 0.116. The zero-order valence-corrected chi connectivity index (χ0v) is 17.3. The fourth-order valence-corrected chi connectivity index (χ4v) is 2.84. The lowest BCUT2D eigenvalue weighted by Crippen LogP contribution is -2.19. The lowest BCUT2D eigenvalue weighted by atomic mass is 10.1. The standard InChI is InChI=1S/C18H18Cl2N4O2.C2H6/c19-15-8-7-13(9-16(15)20)24-18(25)23-12-4-1-11(2-5-12)3-6-14-10-26-17(21)22-14;1-2/h1-2,4-5,7-9,14H,3,6,10H2,(H2,21,22)(H2,23,24,25);1-2H3. The number of urea groups is 1. The first kappa shape index (κ1) is 21.9. The Hall–Kier alpha value is -2.44. The van der Waals surface area contributed by atoms with Gasteiger partial charge in [0.1, 0.15) is 6.61 Å². The van der Waals surface area contributed by atoms with Crippen LogP contribution in [-0.2, 0) is 11.2 Å². The van der Waals surface area contributed by atoms with Gasteiger partial charge in [0.15, 0.2) is 0 Å². The number of nitrogens with zero attached hydrogens (tertiary/aromatic N) is 1. The molecule has 0 fully saturated rings. The molecule has 0 saturated carbocycles. The number of carbonyl (C=O) groups excluding carboxylic acids is 1. The average molecular weight is 423 g/mol. The van der Waals surface area contributed by atoms with Gasteiger partial charge in [0.2, 0.25) is 0 Å². The number of halogens is 2. The largest absolute Gasteiger partial charge is 0.463 e. The Morgan fingerprint density at radius 2 is 1.75 bits per heavy atom. The molecule has 1 atom stereocenters. The fraction of sp³-hybridized carbons (Fsp3) is 0.300. The van der Waals surface area contributed by atoms with Crippen molar-refractivity contribution < 1.29 is 9.53 Å². The van der Waals surface area contributed by atoms with Gasteiger partial charge in [-0.3, -0.25) is 0 Å². The maximum atomic E-state index is 12.1. The minimum atomic E-state index is -0.357. The molecule has 8 heteroatoms. The van der Waals surface area contributed by atoms with Gasteiger partial charge in [0.25, 0.3) is 6.02 Å². The van der Waals surface area contributed by atoms with Crippen molar-refractivity contribution in [3.63, 3.8) is 0 Å². The molecule has 0 radical (unpaired) electrons. The van der Waals surface area contributed by atoms with Crippen LogP contribution >= 0.6 is 23.2 Å². The molecule has 1 unspecified atom stereocenters. The van der Waals surface area contributed by atoms with E-state index in [9.17, 15) is 4.79 Å². The Labute approximate surface area is 175 Å². The average Bonchev–Trinajstić information content (AvgIpc) is 3.11. The second kappa shape index (κ2) is 10.8. The molecule has 2 aromatic carbocycles. The molecule has 6 nitrogen and oxygen atoms in total. The first-order valence-electron chi connectivity index (χ1n) is 9.07. The number of hydrogen-bond acceptors (Lipinski definition) is 4. The fourth-order valence-electron chi connectivity index (χ4n) is 2.54. The van der Waals surface area contributed by atoms with Crippen molar-refractivity contribution in [3.05, 3.63) is 58.1 Å². The minimum Gasteiger partial charge on any atom is -0.463 e. The molecule has 2 aromatic rings. The van der Waals surface area contributed by atoms with Crippen LogP contribution in [0.4, 0.5) is 16.2 Å². The molecule has 2 amide bonds. The highest BCUT2D eigenvalue weighted by atomic mass is 35.5. The van der Waals surface area contributed by atoms with Gasteiger partial charge in [-0.1, -0.05) is 49.2 Å². The molecule has 3 rings (SSSR count). The van der Waals surface area contributed by atoms with Crippen LogP contribution in [0, 0.1) is 0 Å². The van der Waals surface area contributed by atoms with Crippen molar-refractivity contribution in [2.24, 2.45) is 10.7 Å². The zero-order chi connectivity index (χ0) is 20.5. The number of amides is 2. The van der Waals surface area contributed by atoms with Crippen LogP contribution in [-0.4, -0.2) is 24.7 Å². The summed E-state index contributed by atoms with van der Waals surface area (Å²) in [6, 6.07) is 12.6. The Morgan fingerprint density at radius 1 is 1.11 bits per heavy atom. The van der Waals surface area contributed by atoms with E-state index in [-0.39, 0.29) is 18.1 Å². The second-order valence-corrected chi connectivity index (χ2v) is 6.69. The molecular formula is C20H24Cl2N4O2. The van der Waals surface area contributed by atoms with Crippen molar-refractivity contribution in [3.8, 4) is 0 Å². The topological polar surface area (TPSA) is 88.7 Å². The predicted octanol–water partition coefficient (Wildman–Crippen LogP) is 5.31. The Kier molecular flexibility index (Phi) is 8.42. The molecule has 1 heterocycles. The predicted molar refractivity (Wildman–Crippen MR) is 117 cm³/mol. The molecule has 1 aliphatic rings. The third-order valence-corrected chi connectivity index (χ3v) is 4.63. The number of benzene rings is 2. The summed E-state index contributed by atoms with van der Waals surface area (Å²) < 4.78 is 5.14. The van der Waals surface area contributed by atoms with Crippen LogP contribution in [0.1, 0.15) is 25.8 Å². The van der Waals surface area contributed by atoms with E-state index in [1.54, 1.807) is 18.2 Å². The zero-order valence-electron chi connectivity index (χ0n) is 15.8. The van der Waals surface area contributed by atoms with E-state index in [1.165, 1.54) is 0 Å². The lowest BCUT2D eigenvalue weighted by molar-refractivity contribution is 0.262. The molecule has 0 saturated heterocycles. The molecule has 1 aliphatic heterocycles. The Bertz CT molecular complexity index is 825. The van der Waals surface area contributed by atoms with Crippen LogP contribution in [0.5, 0.6) is 0 Å². The van der Waals surface area contributed by atoms with E-state index in [1.807, 2.05) is 38.1 Å². The molecule has 28 heavy (non-hydrogen) atoms. The highest BCUT2D eigenvalue weighted by Gasteiger charge is 2.16. The van der Waals surface area contributed by atoms with Crippen LogP contribution in [0.2, 0.25) is 10.0 Å². The molecule has 0 aromatic heterocycles. The summed E-state index contributed by atoms with van der Waals surface area (Å²) in [7, 11) is 0. The molecule has 0 spiro atoms. The van der Waals surface area contributed by atoms with E-state index >= 15 is 0 Å². The van der Waals surface area contributed by atoms with E-state index in [0.717, 1.165) is 18.4 Å². The maximum Gasteiger partial charge on any atom is 0.323 e. The highest BCUT2D eigenvalue weighted by molar-refractivity contribution is 6.42. The van der Waals surface area contributed by atoms with Crippen molar-refractivity contribution in [1.29, 1.82) is 0 Å². The summed E-state index contributed by atoms with van der Waals surface area (Å²) >= 11 is 11.8. The van der Waals surface area contributed by atoms with Gasteiger partial charge in [-0.05, 0) is 48.7 Å². The van der Waals surface area contributed by atoms with E-state index < -0.39 is 0 Å². The van der Waals surface area contributed by atoms with Gasteiger partial charge in [-0.2, -0.15) is 0 Å². The molecular weight excluding hydrogens is 399 g/mol. The first-order valence-corrected chi connectivity index (χ1v) is 9.83. The summed E-state index contributed by atoms with van der Waals surface area (Å²) in [6.45, 7) is 4.54. The third kappa shape index (κ3) is 6.62. The lowest BCUT2D eigenvalue weighted by Gasteiger charge is -2.09. The number of carbonyl (C=O) groups is 1. The molecule has 0 aliphatic carbocycles. The van der Waals surface area contributed by atoms with Gasteiger partial charge in [0.05, 0.1) is 16.1 Å². The Morgan fingerprint density at radius 3 is 2.36 bits per heavy atom. The number of amidine groups is 1. The van der Waals surface area contributed by atoms with Gasteiger partial charge in [-0.25, -0.2) is 9.79 Å². The molecule has 150 valence electrons. The number of anilines is 2. The van der Waals surface area contributed by atoms with Crippen LogP contribution in [0.3, 0.4) is 0 Å². The van der Waals surface area contributed by atoms with Crippen molar-refractivity contribution in [2.45, 2.75) is 32.7 Å². The number of aliphatic imine (C=N–C) groups is 1. The Balaban J connectivity index is 0.00000136. The maximum absolute atomic E-state index is 12.1. The van der Waals surface area contributed by atoms with E-state index in [2.05, 4.69) is 15.6 Å². The van der Waals surface area contributed by atoms with Crippen LogP contribution < -0.4 is 16.4 Å². The SMILES string of the molecule is CC.NC1=NC(CCc2ccc(NC(=O)Nc3ccc(Cl)c(Cl)c3)cc2)CO1. The van der Waals surface area contributed by atoms with Crippen molar-refractivity contribution >= 4 is 46.6 Å². The second-order valence-electron chi connectivity index (χ2n) is 5.88. The monoisotopic (exact) mass is 422 g/mol. The van der Waals surface area contributed by atoms with Gasteiger partial charge in [0, 0.05) is 11.4 Å². The number of ether oxygens (including phenoxy) is 1. The first-order chi connectivity index (χ1) is 13.5. The summed E-state index contributed by atoms with van der Waals surface area (Å²) in [5, 5.41) is 6.29. The van der Waals surface area contributed by atoms with Gasteiger partial charge >= 0.3 is 6.03 Å². The molecule has 0 bridgehead atoms. The van der Waals surface area contributed by atoms with Crippen molar-refractivity contribution in [2.75, 3.05) is 17.2 Å². The number of aryl methyl sites for hydroxylation is 1.